The second-order valence-corrected chi connectivity index (χ2v) is 5.28. The molecule has 1 aromatic heterocycles. The molecular weight excluding hydrogens is 220 g/mol. The lowest BCUT2D eigenvalue weighted by atomic mass is 10.1. The fourth-order valence-electron chi connectivity index (χ4n) is 2.29. The van der Waals surface area contributed by atoms with Gasteiger partial charge < -0.3 is 10.5 Å². The van der Waals surface area contributed by atoms with Crippen molar-refractivity contribution in [1.82, 2.24) is 4.90 Å². The molecule has 3 unspecified atom stereocenters. The van der Waals surface area contributed by atoms with Crippen LogP contribution < -0.4 is 5.73 Å². The molecule has 3 nitrogen and oxygen atoms in total. The van der Waals surface area contributed by atoms with E-state index in [-0.39, 0.29) is 0 Å². The van der Waals surface area contributed by atoms with Crippen molar-refractivity contribution in [2.45, 2.75) is 32.0 Å². The molecule has 0 aliphatic carbocycles. The van der Waals surface area contributed by atoms with Crippen LogP contribution in [0.4, 0.5) is 0 Å². The van der Waals surface area contributed by atoms with E-state index in [4.69, 9.17) is 10.5 Å². The van der Waals surface area contributed by atoms with Crippen molar-refractivity contribution >= 4 is 11.3 Å². The molecule has 4 heteroatoms. The third-order valence-corrected chi connectivity index (χ3v) is 3.91. The van der Waals surface area contributed by atoms with E-state index in [0.717, 1.165) is 13.2 Å². The summed E-state index contributed by atoms with van der Waals surface area (Å²) in [5, 5.41) is 4.32. The summed E-state index contributed by atoms with van der Waals surface area (Å²) >= 11 is 1.74. The van der Waals surface area contributed by atoms with E-state index in [1.54, 1.807) is 11.3 Å². The van der Waals surface area contributed by atoms with Crippen LogP contribution in [-0.2, 0) is 4.74 Å². The third-order valence-electron chi connectivity index (χ3n) is 3.21. The van der Waals surface area contributed by atoms with Crippen LogP contribution in [0.1, 0.15) is 25.5 Å². The Morgan fingerprint density at radius 3 is 3.06 bits per heavy atom. The second kappa shape index (κ2) is 5.27. The number of rotatable bonds is 3. The molecule has 2 rings (SSSR count). The maximum absolute atomic E-state index is 5.92. The summed E-state index contributed by atoms with van der Waals surface area (Å²) < 4.78 is 5.65. The Morgan fingerprint density at radius 2 is 2.44 bits per heavy atom. The maximum atomic E-state index is 5.92. The quantitative estimate of drug-likeness (QED) is 0.876. The molecule has 1 aromatic rings. The number of thiophene rings is 1. The standard InChI is InChI=1S/C12H20N2OS/c1-9-7-15-10(2)6-14(9)12(5-13)11-3-4-16-8-11/h3-4,8-10,12H,5-7,13H2,1-2H3. The first kappa shape index (κ1) is 12.0. The Bertz CT molecular complexity index is 315. The maximum Gasteiger partial charge on any atom is 0.0675 e. The fraction of sp³-hybridized carbons (Fsp3) is 0.667. The van der Waals surface area contributed by atoms with Crippen LogP contribution in [0.2, 0.25) is 0 Å². The predicted octanol–water partition coefficient (Wildman–Crippen LogP) is 1.86. The Labute approximate surface area is 101 Å². The molecular formula is C12H20N2OS. The van der Waals surface area contributed by atoms with Crippen molar-refractivity contribution < 1.29 is 4.74 Å². The molecule has 16 heavy (non-hydrogen) atoms. The van der Waals surface area contributed by atoms with Gasteiger partial charge in [0, 0.05) is 25.2 Å². The number of hydrogen-bond donors (Lipinski definition) is 1. The Hall–Kier alpha value is -0.420. The zero-order chi connectivity index (χ0) is 11.5. The number of ether oxygens (including phenoxy) is 1. The summed E-state index contributed by atoms with van der Waals surface area (Å²) in [4.78, 5) is 2.47. The Kier molecular flexibility index (Phi) is 3.97. The molecule has 1 aliphatic rings. The summed E-state index contributed by atoms with van der Waals surface area (Å²) in [7, 11) is 0. The minimum Gasteiger partial charge on any atom is -0.376 e. The van der Waals surface area contributed by atoms with E-state index in [0.29, 0.717) is 24.7 Å². The Morgan fingerprint density at radius 1 is 1.62 bits per heavy atom. The predicted molar refractivity (Wildman–Crippen MR) is 67.7 cm³/mol. The molecule has 0 spiro atoms. The molecule has 2 heterocycles. The molecule has 2 N–H and O–H groups in total. The minimum absolute atomic E-state index is 0.309. The van der Waals surface area contributed by atoms with E-state index in [9.17, 15) is 0 Å². The molecule has 90 valence electrons. The molecule has 0 saturated carbocycles. The summed E-state index contributed by atoms with van der Waals surface area (Å²) in [6, 6.07) is 2.96. The van der Waals surface area contributed by atoms with Crippen LogP contribution >= 0.6 is 11.3 Å². The number of nitrogens with two attached hydrogens (primary N) is 1. The molecule has 0 radical (unpaired) electrons. The third kappa shape index (κ3) is 2.46. The van der Waals surface area contributed by atoms with Gasteiger partial charge >= 0.3 is 0 Å². The van der Waals surface area contributed by atoms with Gasteiger partial charge in [0.1, 0.15) is 0 Å². The normalized spacial score (nSPS) is 29.2. The molecule has 0 amide bonds. The van der Waals surface area contributed by atoms with Gasteiger partial charge in [-0.15, -0.1) is 0 Å². The minimum atomic E-state index is 0.309. The molecule has 0 bridgehead atoms. The first-order valence-corrected chi connectivity index (χ1v) is 6.76. The lowest BCUT2D eigenvalue weighted by Gasteiger charge is -2.41. The van der Waals surface area contributed by atoms with E-state index >= 15 is 0 Å². The lowest BCUT2D eigenvalue weighted by molar-refractivity contribution is -0.0653. The van der Waals surface area contributed by atoms with Crippen LogP contribution in [-0.4, -0.2) is 36.7 Å². The molecule has 3 atom stereocenters. The number of hydrogen-bond acceptors (Lipinski definition) is 4. The van der Waals surface area contributed by atoms with E-state index in [1.165, 1.54) is 5.56 Å². The monoisotopic (exact) mass is 240 g/mol. The highest BCUT2D eigenvalue weighted by molar-refractivity contribution is 7.07. The van der Waals surface area contributed by atoms with Crippen LogP contribution in [0, 0.1) is 0 Å². The fourth-order valence-corrected chi connectivity index (χ4v) is 3.00. The van der Waals surface area contributed by atoms with Crippen LogP contribution in [0.25, 0.3) is 0 Å². The Balaban J connectivity index is 2.13. The van der Waals surface area contributed by atoms with Gasteiger partial charge in [0.25, 0.3) is 0 Å². The average molecular weight is 240 g/mol. The van der Waals surface area contributed by atoms with Crippen molar-refractivity contribution in [2.75, 3.05) is 19.7 Å². The molecule has 1 saturated heterocycles. The van der Waals surface area contributed by atoms with Gasteiger partial charge in [0.15, 0.2) is 0 Å². The highest BCUT2D eigenvalue weighted by atomic mass is 32.1. The van der Waals surface area contributed by atoms with E-state index in [1.807, 2.05) is 0 Å². The van der Waals surface area contributed by atoms with Gasteiger partial charge in [0.2, 0.25) is 0 Å². The van der Waals surface area contributed by atoms with Crippen LogP contribution in [0.15, 0.2) is 16.8 Å². The van der Waals surface area contributed by atoms with E-state index < -0.39 is 0 Å². The topological polar surface area (TPSA) is 38.5 Å². The van der Waals surface area contributed by atoms with Gasteiger partial charge in [-0.25, -0.2) is 0 Å². The molecule has 0 aromatic carbocycles. The summed E-state index contributed by atoms with van der Waals surface area (Å²) in [5.41, 5.74) is 7.27. The SMILES string of the molecule is CC1CN(C(CN)c2ccsc2)C(C)CO1. The zero-order valence-electron chi connectivity index (χ0n) is 9.93. The van der Waals surface area contributed by atoms with Crippen LogP contribution in [0.5, 0.6) is 0 Å². The van der Waals surface area contributed by atoms with Crippen LogP contribution in [0.3, 0.4) is 0 Å². The van der Waals surface area contributed by atoms with Crippen molar-refractivity contribution in [2.24, 2.45) is 5.73 Å². The summed E-state index contributed by atoms with van der Waals surface area (Å²) in [6.45, 7) is 6.79. The number of nitrogens with zero attached hydrogens (tertiary/aromatic N) is 1. The summed E-state index contributed by atoms with van der Waals surface area (Å²) in [5.74, 6) is 0. The highest BCUT2D eigenvalue weighted by Crippen LogP contribution is 2.26. The van der Waals surface area contributed by atoms with Gasteiger partial charge in [-0.3, -0.25) is 4.90 Å². The first-order chi connectivity index (χ1) is 7.72. The van der Waals surface area contributed by atoms with Gasteiger partial charge in [-0.05, 0) is 36.2 Å². The van der Waals surface area contributed by atoms with Gasteiger partial charge in [0.05, 0.1) is 12.7 Å². The largest absolute Gasteiger partial charge is 0.376 e. The average Bonchev–Trinajstić information content (AvgIpc) is 2.78. The van der Waals surface area contributed by atoms with Crippen molar-refractivity contribution in [3.63, 3.8) is 0 Å². The zero-order valence-corrected chi connectivity index (χ0v) is 10.7. The smallest absolute Gasteiger partial charge is 0.0675 e. The second-order valence-electron chi connectivity index (χ2n) is 4.50. The summed E-state index contributed by atoms with van der Waals surface area (Å²) in [6.07, 6.45) is 0.309. The highest BCUT2D eigenvalue weighted by Gasteiger charge is 2.29. The van der Waals surface area contributed by atoms with Gasteiger partial charge in [-0.1, -0.05) is 0 Å². The van der Waals surface area contributed by atoms with Crippen molar-refractivity contribution in [3.05, 3.63) is 22.4 Å². The van der Waals surface area contributed by atoms with Crippen molar-refractivity contribution in [3.8, 4) is 0 Å². The molecule has 1 aliphatic heterocycles. The van der Waals surface area contributed by atoms with Crippen molar-refractivity contribution in [1.29, 1.82) is 0 Å². The van der Waals surface area contributed by atoms with E-state index in [2.05, 4.69) is 35.6 Å². The molecule has 1 fully saturated rings. The lowest BCUT2D eigenvalue weighted by Crippen LogP contribution is -2.50. The van der Waals surface area contributed by atoms with Gasteiger partial charge in [-0.2, -0.15) is 11.3 Å². The first-order valence-electron chi connectivity index (χ1n) is 5.82. The number of morpholine rings is 1.